The highest BCUT2D eigenvalue weighted by Crippen LogP contribution is 2.35. The first kappa shape index (κ1) is 22.4. The largest absolute Gasteiger partial charge is 0.493 e. The molecule has 0 aromatic heterocycles. The van der Waals surface area contributed by atoms with Crippen molar-refractivity contribution >= 4 is 29.2 Å². The van der Waals surface area contributed by atoms with Gasteiger partial charge in [-0.15, -0.1) is 0 Å². The number of nitrogens with zero attached hydrogens (tertiary/aromatic N) is 1. The van der Waals surface area contributed by atoms with E-state index in [9.17, 15) is 9.59 Å². The number of hydrogen-bond acceptors (Lipinski definition) is 8. The zero-order valence-electron chi connectivity index (χ0n) is 16.5. The molecule has 0 spiro atoms. The molecule has 0 aliphatic heterocycles. The molecule has 0 aliphatic carbocycles. The maximum atomic E-state index is 12.3. The van der Waals surface area contributed by atoms with Gasteiger partial charge >= 0.3 is 5.97 Å². The normalized spacial score (nSPS) is 11.1. The van der Waals surface area contributed by atoms with E-state index in [-0.39, 0.29) is 31.1 Å². The van der Waals surface area contributed by atoms with Gasteiger partial charge in [-0.25, -0.2) is 4.79 Å². The van der Waals surface area contributed by atoms with Crippen LogP contribution >= 0.6 is 11.8 Å². The Balaban J connectivity index is 2.07. The average molecular weight is 417 g/mol. The van der Waals surface area contributed by atoms with Gasteiger partial charge in [-0.3, -0.25) is 4.79 Å². The second kappa shape index (κ2) is 11.2. The number of rotatable bonds is 10. The Hall–Kier alpha value is -2.84. The van der Waals surface area contributed by atoms with Crippen LogP contribution in [0.1, 0.15) is 30.6 Å². The van der Waals surface area contributed by atoms with Gasteiger partial charge in [-0.1, -0.05) is 23.8 Å². The fourth-order valence-corrected chi connectivity index (χ4v) is 3.08. The topological polar surface area (TPSA) is 94.4 Å². The predicted octanol–water partition coefficient (Wildman–Crippen LogP) is 3.73. The van der Waals surface area contributed by atoms with Crippen LogP contribution in [-0.2, 0) is 9.63 Å². The summed E-state index contributed by atoms with van der Waals surface area (Å²) in [5.74, 6) is 0.332. The van der Waals surface area contributed by atoms with Gasteiger partial charge in [-0.05, 0) is 49.4 Å². The number of aliphatic hydroxyl groups is 1. The van der Waals surface area contributed by atoms with E-state index in [4.69, 9.17) is 14.6 Å². The van der Waals surface area contributed by atoms with Gasteiger partial charge in [0.05, 0.1) is 13.7 Å². The number of ether oxygens (including phenoxy) is 2. The monoisotopic (exact) mass is 417 g/mol. The Morgan fingerprint density at radius 1 is 1.07 bits per heavy atom. The van der Waals surface area contributed by atoms with Gasteiger partial charge in [0.15, 0.2) is 11.5 Å². The van der Waals surface area contributed by atoms with Crippen molar-refractivity contribution in [2.75, 3.05) is 20.3 Å². The molecular weight excluding hydrogens is 394 g/mol. The first-order valence-corrected chi connectivity index (χ1v) is 9.78. The lowest BCUT2D eigenvalue weighted by Crippen LogP contribution is -2.12. The number of methoxy groups -OCH3 is 1. The molecule has 0 heterocycles. The van der Waals surface area contributed by atoms with E-state index in [1.807, 2.05) is 24.3 Å². The first-order valence-electron chi connectivity index (χ1n) is 8.97. The fourth-order valence-electron chi connectivity index (χ4n) is 2.23. The number of benzene rings is 2. The SMILES string of the molecule is CCC(=O)O/N=C(\C)C(=O)c1ccc(Sc2ccc(OCCO)c(OC)c2)cc1. The van der Waals surface area contributed by atoms with Crippen molar-refractivity contribution in [1.82, 2.24) is 0 Å². The lowest BCUT2D eigenvalue weighted by molar-refractivity contribution is -0.143. The summed E-state index contributed by atoms with van der Waals surface area (Å²) in [6, 6.07) is 12.6. The minimum Gasteiger partial charge on any atom is -0.493 e. The highest BCUT2D eigenvalue weighted by atomic mass is 32.2. The Kier molecular flexibility index (Phi) is 8.69. The van der Waals surface area contributed by atoms with E-state index in [1.165, 1.54) is 18.7 Å². The average Bonchev–Trinajstić information content (AvgIpc) is 2.76. The predicted molar refractivity (Wildman–Crippen MR) is 110 cm³/mol. The summed E-state index contributed by atoms with van der Waals surface area (Å²) in [5.41, 5.74) is 0.559. The third kappa shape index (κ3) is 6.62. The lowest BCUT2D eigenvalue weighted by Gasteiger charge is -2.11. The third-order valence-corrected chi connectivity index (χ3v) is 4.74. The van der Waals surface area contributed by atoms with Crippen molar-refractivity contribution in [2.24, 2.45) is 5.16 Å². The Morgan fingerprint density at radius 2 is 1.76 bits per heavy atom. The van der Waals surface area contributed by atoms with Crippen LogP contribution in [0.2, 0.25) is 0 Å². The Morgan fingerprint density at radius 3 is 2.38 bits per heavy atom. The number of Topliss-reactive ketones (excluding diaryl/α,β-unsaturated/α-hetero) is 1. The molecule has 1 N–H and O–H groups in total. The van der Waals surface area contributed by atoms with Crippen molar-refractivity contribution in [2.45, 2.75) is 30.1 Å². The van der Waals surface area contributed by atoms with Gasteiger partial charge in [0.1, 0.15) is 12.3 Å². The molecule has 0 radical (unpaired) electrons. The van der Waals surface area contributed by atoms with Crippen LogP contribution in [0.3, 0.4) is 0 Å². The van der Waals surface area contributed by atoms with Gasteiger partial charge in [0.25, 0.3) is 0 Å². The highest BCUT2D eigenvalue weighted by molar-refractivity contribution is 7.99. The molecule has 0 saturated carbocycles. The van der Waals surface area contributed by atoms with Crippen molar-refractivity contribution in [1.29, 1.82) is 0 Å². The molecule has 0 bridgehead atoms. The second-order valence-electron chi connectivity index (χ2n) is 5.83. The van der Waals surface area contributed by atoms with Crippen LogP contribution in [0.15, 0.2) is 57.4 Å². The molecule has 7 nitrogen and oxygen atoms in total. The summed E-state index contributed by atoms with van der Waals surface area (Å²) >= 11 is 1.50. The molecule has 8 heteroatoms. The van der Waals surface area contributed by atoms with Crippen LogP contribution in [0.5, 0.6) is 11.5 Å². The molecule has 2 aromatic rings. The van der Waals surface area contributed by atoms with E-state index in [2.05, 4.69) is 9.99 Å². The number of carbonyl (C=O) groups is 2. The molecule has 154 valence electrons. The van der Waals surface area contributed by atoms with Gasteiger partial charge in [0, 0.05) is 21.8 Å². The maximum absolute atomic E-state index is 12.3. The third-order valence-electron chi connectivity index (χ3n) is 3.74. The van der Waals surface area contributed by atoms with E-state index in [0.29, 0.717) is 17.1 Å². The van der Waals surface area contributed by atoms with Crippen LogP contribution in [-0.4, -0.2) is 42.9 Å². The summed E-state index contributed by atoms with van der Waals surface area (Å²) in [7, 11) is 1.55. The summed E-state index contributed by atoms with van der Waals surface area (Å²) in [5, 5.41) is 12.5. The molecule has 0 saturated heterocycles. The second-order valence-corrected chi connectivity index (χ2v) is 6.98. The van der Waals surface area contributed by atoms with Gasteiger partial charge in [0.2, 0.25) is 5.78 Å². The van der Waals surface area contributed by atoms with Gasteiger partial charge < -0.3 is 19.4 Å². The smallest absolute Gasteiger partial charge is 0.334 e. The minimum absolute atomic E-state index is 0.0735. The fraction of sp³-hybridized carbons (Fsp3) is 0.286. The molecule has 29 heavy (non-hydrogen) atoms. The quantitative estimate of drug-likeness (QED) is 0.272. The molecular formula is C21H23NO6S. The molecule has 2 rings (SSSR count). The van der Waals surface area contributed by atoms with E-state index in [1.54, 1.807) is 32.2 Å². The zero-order chi connectivity index (χ0) is 21.2. The summed E-state index contributed by atoms with van der Waals surface area (Å²) in [4.78, 5) is 30.0. The Bertz CT molecular complexity index is 879. The minimum atomic E-state index is -0.493. The molecule has 0 aliphatic rings. The standard InChI is InChI=1S/C21H23NO6S/c1-4-20(24)28-22-14(2)21(25)15-5-7-16(8-6-15)29-17-9-10-18(27-12-11-23)19(13-17)26-3/h5-10,13,23H,4,11-12H2,1-3H3/b22-14+. The molecule has 0 amide bonds. The van der Waals surface area contributed by atoms with Crippen LogP contribution in [0.25, 0.3) is 0 Å². The van der Waals surface area contributed by atoms with Crippen molar-refractivity contribution < 1.29 is 29.0 Å². The summed E-state index contributed by atoms with van der Waals surface area (Å²) < 4.78 is 10.8. The van der Waals surface area contributed by atoms with Gasteiger partial charge in [-0.2, -0.15) is 0 Å². The zero-order valence-corrected chi connectivity index (χ0v) is 17.3. The number of hydrogen-bond donors (Lipinski definition) is 1. The van der Waals surface area contributed by atoms with Crippen molar-refractivity contribution in [3.63, 3.8) is 0 Å². The number of ketones is 1. The van der Waals surface area contributed by atoms with Crippen LogP contribution in [0, 0.1) is 0 Å². The van der Waals surface area contributed by atoms with Crippen LogP contribution < -0.4 is 9.47 Å². The maximum Gasteiger partial charge on any atom is 0.334 e. The van der Waals surface area contributed by atoms with E-state index >= 15 is 0 Å². The Labute approximate surface area is 173 Å². The lowest BCUT2D eigenvalue weighted by atomic mass is 10.1. The molecule has 0 unspecified atom stereocenters. The number of carbonyl (C=O) groups excluding carboxylic acids is 2. The molecule has 2 aromatic carbocycles. The summed E-state index contributed by atoms with van der Waals surface area (Å²) in [6.07, 6.45) is 0.191. The van der Waals surface area contributed by atoms with Crippen molar-refractivity contribution in [3.8, 4) is 11.5 Å². The highest BCUT2D eigenvalue weighted by Gasteiger charge is 2.12. The van der Waals surface area contributed by atoms with E-state index in [0.717, 1.165) is 9.79 Å². The summed E-state index contributed by atoms with van der Waals surface area (Å²) in [6.45, 7) is 3.27. The van der Waals surface area contributed by atoms with Crippen LogP contribution in [0.4, 0.5) is 0 Å². The first-order chi connectivity index (χ1) is 14.0. The van der Waals surface area contributed by atoms with Crippen molar-refractivity contribution in [3.05, 3.63) is 48.0 Å². The van der Waals surface area contributed by atoms with E-state index < -0.39 is 5.97 Å². The number of oxime groups is 1. The number of aliphatic hydroxyl groups excluding tert-OH is 1. The molecule has 0 atom stereocenters. The molecule has 0 fully saturated rings.